The molecule has 0 saturated carbocycles. The Labute approximate surface area is 145 Å². The fourth-order valence-corrected chi connectivity index (χ4v) is 3.78. The number of anilines is 1. The Bertz CT molecular complexity index is 846. The molecule has 2 aliphatic rings. The van der Waals surface area contributed by atoms with Gasteiger partial charge >= 0.3 is 0 Å². The molecule has 25 heavy (non-hydrogen) atoms. The predicted octanol–water partition coefficient (Wildman–Crippen LogP) is 2.17. The summed E-state index contributed by atoms with van der Waals surface area (Å²) in [4.78, 5) is 33.4. The zero-order valence-electron chi connectivity index (χ0n) is 14.4. The van der Waals surface area contributed by atoms with Crippen molar-refractivity contribution in [2.24, 2.45) is 0 Å². The summed E-state index contributed by atoms with van der Waals surface area (Å²) >= 11 is 0. The molecule has 1 aromatic heterocycles. The van der Waals surface area contributed by atoms with E-state index in [4.69, 9.17) is 4.52 Å². The second-order valence-electron chi connectivity index (χ2n) is 6.63. The predicted molar refractivity (Wildman–Crippen MR) is 90.0 cm³/mol. The Morgan fingerprint density at radius 3 is 2.84 bits per heavy atom. The first-order chi connectivity index (χ1) is 12.0. The quantitative estimate of drug-likeness (QED) is 0.852. The molecule has 1 atom stereocenters. The largest absolute Gasteiger partial charge is 0.339 e. The second-order valence-corrected chi connectivity index (χ2v) is 6.63. The van der Waals surface area contributed by atoms with Gasteiger partial charge in [0.05, 0.1) is 11.3 Å². The van der Waals surface area contributed by atoms with E-state index in [1.165, 1.54) is 0 Å². The molecule has 0 spiro atoms. The summed E-state index contributed by atoms with van der Waals surface area (Å²) < 4.78 is 5.24. The van der Waals surface area contributed by atoms with Crippen LogP contribution < -0.4 is 4.90 Å². The minimum atomic E-state index is -0.643. The van der Waals surface area contributed by atoms with E-state index in [1.807, 2.05) is 32.0 Å². The third-order valence-electron chi connectivity index (χ3n) is 5.12. The van der Waals surface area contributed by atoms with Gasteiger partial charge in [0, 0.05) is 25.8 Å². The number of carbonyl (C=O) groups excluding carboxylic acids is 2. The molecule has 1 fully saturated rings. The lowest BCUT2D eigenvalue weighted by atomic mass is 9.98. The van der Waals surface area contributed by atoms with Crippen molar-refractivity contribution in [3.8, 4) is 0 Å². The molecule has 2 aliphatic heterocycles. The minimum Gasteiger partial charge on any atom is -0.339 e. The number of fused-ring (bicyclic) bond motifs is 3. The highest BCUT2D eigenvalue weighted by Gasteiger charge is 2.52. The number of hydrogen-bond acceptors (Lipinski definition) is 5. The van der Waals surface area contributed by atoms with E-state index in [2.05, 4.69) is 10.1 Å². The Balaban J connectivity index is 1.67. The highest BCUT2D eigenvalue weighted by molar-refractivity contribution is 6.10. The van der Waals surface area contributed by atoms with E-state index in [0.717, 1.165) is 0 Å². The van der Waals surface area contributed by atoms with Gasteiger partial charge in [-0.3, -0.25) is 14.5 Å². The number of aryl methyl sites for hydroxylation is 1. The Kier molecular flexibility index (Phi) is 3.59. The fourth-order valence-electron chi connectivity index (χ4n) is 3.78. The highest BCUT2D eigenvalue weighted by atomic mass is 16.5. The summed E-state index contributed by atoms with van der Waals surface area (Å²) in [6, 6.07) is 7.30. The summed E-state index contributed by atoms with van der Waals surface area (Å²) in [6.07, 6.45) is 2.24. The smallest absolute Gasteiger partial charge is 0.257 e. The molecule has 1 saturated heterocycles. The lowest BCUT2D eigenvalue weighted by molar-refractivity contribution is -0.117. The van der Waals surface area contributed by atoms with Crippen molar-refractivity contribution in [1.29, 1.82) is 0 Å². The lowest BCUT2D eigenvalue weighted by Crippen LogP contribution is -2.62. The second kappa shape index (κ2) is 5.68. The van der Waals surface area contributed by atoms with Crippen LogP contribution in [0.3, 0.4) is 0 Å². The van der Waals surface area contributed by atoms with Gasteiger partial charge in [0.1, 0.15) is 5.66 Å². The number of nitrogens with zero attached hydrogens (tertiary/aromatic N) is 4. The molecule has 2 amide bonds. The number of rotatable bonds is 4. The SMILES string of the molecule is CCc1noc(CCN2C(=O)c3ccccc3N3C(=O)CC[C@@]23C)n1. The summed E-state index contributed by atoms with van der Waals surface area (Å²) in [5.74, 6) is 1.18. The maximum absolute atomic E-state index is 13.1. The number of para-hydroxylation sites is 1. The van der Waals surface area contributed by atoms with Gasteiger partial charge in [-0.25, -0.2) is 0 Å². The van der Waals surface area contributed by atoms with Crippen LogP contribution in [0.25, 0.3) is 0 Å². The molecule has 7 heteroatoms. The maximum Gasteiger partial charge on any atom is 0.257 e. The molecule has 3 heterocycles. The molecule has 7 nitrogen and oxygen atoms in total. The summed E-state index contributed by atoms with van der Waals surface area (Å²) in [5.41, 5.74) is 0.630. The number of carbonyl (C=O) groups is 2. The highest BCUT2D eigenvalue weighted by Crippen LogP contribution is 2.43. The van der Waals surface area contributed by atoms with Crippen LogP contribution in [-0.4, -0.2) is 39.1 Å². The average molecular weight is 340 g/mol. The summed E-state index contributed by atoms with van der Waals surface area (Å²) in [7, 11) is 0. The van der Waals surface area contributed by atoms with E-state index >= 15 is 0 Å². The van der Waals surface area contributed by atoms with Crippen LogP contribution in [0.15, 0.2) is 28.8 Å². The van der Waals surface area contributed by atoms with E-state index in [1.54, 1.807) is 15.9 Å². The van der Waals surface area contributed by atoms with Gasteiger partial charge in [-0.1, -0.05) is 24.2 Å². The van der Waals surface area contributed by atoms with Gasteiger partial charge < -0.3 is 9.42 Å². The van der Waals surface area contributed by atoms with Crippen molar-refractivity contribution < 1.29 is 14.1 Å². The van der Waals surface area contributed by atoms with E-state index in [9.17, 15) is 9.59 Å². The van der Waals surface area contributed by atoms with Gasteiger partial charge in [0.15, 0.2) is 5.82 Å². The molecule has 130 valence electrons. The van der Waals surface area contributed by atoms with Gasteiger partial charge in [0.2, 0.25) is 11.8 Å². The zero-order valence-corrected chi connectivity index (χ0v) is 14.4. The monoisotopic (exact) mass is 340 g/mol. The zero-order chi connectivity index (χ0) is 17.6. The lowest BCUT2D eigenvalue weighted by Gasteiger charge is -2.48. The first kappa shape index (κ1) is 15.8. The molecule has 0 aliphatic carbocycles. The Morgan fingerprint density at radius 2 is 2.08 bits per heavy atom. The van der Waals surface area contributed by atoms with Crippen LogP contribution in [-0.2, 0) is 17.6 Å². The van der Waals surface area contributed by atoms with Crippen molar-refractivity contribution in [3.63, 3.8) is 0 Å². The number of benzene rings is 1. The third-order valence-corrected chi connectivity index (χ3v) is 5.12. The Hall–Kier alpha value is -2.70. The van der Waals surface area contributed by atoms with Crippen LogP contribution in [0, 0.1) is 0 Å². The molecule has 0 radical (unpaired) electrons. The van der Waals surface area contributed by atoms with E-state index < -0.39 is 5.66 Å². The molecule has 0 unspecified atom stereocenters. The first-order valence-electron chi connectivity index (χ1n) is 8.60. The van der Waals surface area contributed by atoms with Gasteiger partial charge in [-0.2, -0.15) is 4.98 Å². The van der Waals surface area contributed by atoms with Crippen molar-refractivity contribution in [1.82, 2.24) is 15.0 Å². The molecule has 4 rings (SSSR count). The fraction of sp³-hybridized carbons (Fsp3) is 0.444. The molecule has 1 aromatic carbocycles. The maximum atomic E-state index is 13.1. The molecule has 2 aromatic rings. The average Bonchev–Trinajstić information content (AvgIpc) is 3.19. The van der Waals surface area contributed by atoms with E-state index in [-0.39, 0.29) is 11.8 Å². The molecule has 0 N–H and O–H groups in total. The van der Waals surface area contributed by atoms with Crippen LogP contribution in [0.1, 0.15) is 48.8 Å². The van der Waals surface area contributed by atoms with Crippen LogP contribution in [0.5, 0.6) is 0 Å². The number of amides is 2. The van der Waals surface area contributed by atoms with Crippen molar-refractivity contribution >= 4 is 17.5 Å². The topological polar surface area (TPSA) is 79.5 Å². The summed E-state index contributed by atoms with van der Waals surface area (Å²) in [5, 5.41) is 3.90. The molecular formula is C18H20N4O3. The molecule has 0 bridgehead atoms. The van der Waals surface area contributed by atoms with Crippen LogP contribution in [0.4, 0.5) is 5.69 Å². The minimum absolute atomic E-state index is 0.0542. The first-order valence-corrected chi connectivity index (χ1v) is 8.60. The van der Waals surface area contributed by atoms with Crippen molar-refractivity contribution in [2.75, 3.05) is 11.4 Å². The normalized spacial score (nSPS) is 22.3. The standard InChI is InChI=1S/C18H20N4O3/c1-3-14-19-15(25-20-14)9-11-21-17(24)12-6-4-5-7-13(12)22-16(23)8-10-18(21,22)2/h4-7H,3,8-11H2,1-2H3/t18-/m0/s1. The van der Waals surface area contributed by atoms with Gasteiger partial charge in [-0.05, 0) is 25.5 Å². The summed E-state index contributed by atoms with van der Waals surface area (Å²) in [6.45, 7) is 4.35. The van der Waals surface area contributed by atoms with Crippen molar-refractivity contribution in [2.45, 2.75) is 45.2 Å². The number of hydrogen-bond donors (Lipinski definition) is 0. The van der Waals surface area contributed by atoms with Gasteiger partial charge in [-0.15, -0.1) is 0 Å². The van der Waals surface area contributed by atoms with Crippen LogP contribution >= 0.6 is 0 Å². The Morgan fingerprint density at radius 1 is 1.28 bits per heavy atom. The van der Waals surface area contributed by atoms with E-state index in [0.29, 0.717) is 55.2 Å². The van der Waals surface area contributed by atoms with Gasteiger partial charge in [0.25, 0.3) is 5.91 Å². The van der Waals surface area contributed by atoms with Crippen molar-refractivity contribution in [3.05, 3.63) is 41.5 Å². The molecular weight excluding hydrogens is 320 g/mol. The number of aromatic nitrogens is 2. The third kappa shape index (κ3) is 2.33. The van der Waals surface area contributed by atoms with Crippen LogP contribution in [0.2, 0.25) is 0 Å².